The Morgan fingerprint density at radius 2 is 1.19 bits per heavy atom. The molecule has 0 fully saturated rings. The zero-order valence-electron chi connectivity index (χ0n) is 18.5. The minimum absolute atomic E-state index is 0.104. The number of methoxy groups -OCH3 is 6. The van der Waals surface area contributed by atoms with Crippen LogP contribution in [0.4, 0.5) is 6.01 Å². The van der Waals surface area contributed by atoms with Crippen LogP contribution >= 0.6 is 0 Å². The second-order valence-electron chi connectivity index (χ2n) is 6.19. The van der Waals surface area contributed by atoms with Gasteiger partial charge in [-0.05, 0) is 24.3 Å². The molecule has 1 amide bonds. The number of rotatable bonds is 9. The lowest BCUT2D eigenvalue weighted by Gasteiger charge is -2.13. The summed E-state index contributed by atoms with van der Waals surface area (Å²) in [5, 5.41) is 10.4. The van der Waals surface area contributed by atoms with Crippen molar-refractivity contribution < 1.29 is 37.6 Å². The molecule has 0 spiro atoms. The van der Waals surface area contributed by atoms with Gasteiger partial charge in [0.1, 0.15) is 0 Å². The van der Waals surface area contributed by atoms with E-state index in [1.54, 1.807) is 12.1 Å². The summed E-state index contributed by atoms with van der Waals surface area (Å²) in [6, 6.07) is 6.21. The van der Waals surface area contributed by atoms with Crippen molar-refractivity contribution in [3.05, 3.63) is 29.8 Å². The van der Waals surface area contributed by atoms with Crippen LogP contribution in [0.25, 0.3) is 11.5 Å². The van der Waals surface area contributed by atoms with E-state index in [0.29, 0.717) is 40.1 Å². The summed E-state index contributed by atoms with van der Waals surface area (Å²) >= 11 is 0. The normalized spacial score (nSPS) is 10.3. The number of benzene rings is 2. The summed E-state index contributed by atoms with van der Waals surface area (Å²) in [5.41, 5.74) is 0.757. The van der Waals surface area contributed by atoms with Gasteiger partial charge in [-0.3, -0.25) is 10.1 Å². The van der Waals surface area contributed by atoms with Crippen LogP contribution in [0.5, 0.6) is 34.5 Å². The highest BCUT2D eigenvalue weighted by atomic mass is 16.5. The number of carbonyl (C=O) groups excluding carboxylic acids is 1. The molecule has 32 heavy (non-hydrogen) atoms. The lowest BCUT2D eigenvalue weighted by atomic mass is 10.1. The van der Waals surface area contributed by atoms with E-state index in [1.165, 1.54) is 54.8 Å². The van der Waals surface area contributed by atoms with Gasteiger partial charge in [0.2, 0.25) is 17.4 Å². The maximum absolute atomic E-state index is 12.7. The largest absolute Gasteiger partial charge is 0.493 e. The SMILES string of the molecule is COc1cc(C(=O)Nc2nnc(-c3cc(OC)c(OC)c(OC)c3)o2)cc(OC)c1OC. The number of amides is 1. The highest BCUT2D eigenvalue weighted by Crippen LogP contribution is 2.41. The standard InChI is InChI=1S/C21H23N3O8/c1-26-13-7-11(8-14(27-2)17(13)30-5)19(25)22-21-24-23-20(32-21)12-9-15(28-3)18(31-6)16(10-12)29-4/h7-10H,1-6H3,(H,22,24,25). The van der Waals surface area contributed by atoms with E-state index in [2.05, 4.69) is 15.5 Å². The average Bonchev–Trinajstić information content (AvgIpc) is 3.30. The highest BCUT2D eigenvalue weighted by Gasteiger charge is 2.20. The Bertz CT molecular complexity index is 1060. The van der Waals surface area contributed by atoms with Crippen LogP contribution in [0.3, 0.4) is 0 Å². The molecule has 3 rings (SSSR count). The summed E-state index contributed by atoms with van der Waals surface area (Å²) in [7, 11) is 8.89. The van der Waals surface area contributed by atoms with Gasteiger partial charge >= 0.3 is 6.01 Å². The number of hydrogen-bond donors (Lipinski definition) is 1. The molecule has 0 radical (unpaired) electrons. The van der Waals surface area contributed by atoms with E-state index in [1.807, 2.05) is 0 Å². The Balaban J connectivity index is 1.88. The molecule has 0 bridgehead atoms. The molecule has 1 heterocycles. The van der Waals surface area contributed by atoms with Crippen molar-refractivity contribution in [1.29, 1.82) is 0 Å². The number of hydrogen-bond acceptors (Lipinski definition) is 10. The predicted octanol–water partition coefficient (Wildman–Crippen LogP) is 3.04. The van der Waals surface area contributed by atoms with Gasteiger partial charge in [-0.1, -0.05) is 5.10 Å². The minimum atomic E-state index is -0.510. The first-order chi connectivity index (χ1) is 15.5. The molecular formula is C21H23N3O8. The van der Waals surface area contributed by atoms with Crippen LogP contribution in [-0.2, 0) is 0 Å². The first-order valence-electron chi connectivity index (χ1n) is 9.24. The van der Waals surface area contributed by atoms with Crippen LogP contribution < -0.4 is 33.7 Å². The van der Waals surface area contributed by atoms with Crippen molar-refractivity contribution in [3.63, 3.8) is 0 Å². The van der Waals surface area contributed by atoms with E-state index in [-0.39, 0.29) is 17.5 Å². The van der Waals surface area contributed by atoms with Crippen LogP contribution in [-0.4, -0.2) is 58.8 Å². The topological polar surface area (TPSA) is 123 Å². The zero-order chi connectivity index (χ0) is 23.3. The van der Waals surface area contributed by atoms with Crippen molar-refractivity contribution in [3.8, 4) is 46.0 Å². The first kappa shape index (κ1) is 22.5. The van der Waals surface area contributed by atoms with Crippen LogP contribution in [0.1, 0.15) is 10.4 Å². The number of anilines is 1. The molecule has 11 nitrogen and oxygen atoms in total. The summed E-state index contributed by atoms with van der Waals surface area (Å²) in [6.07, 6.45) is 0. The Morgan fingerprint density at radius 1 is 0.719 bits per heavy atom. The molecule has 0 aliphatic carbocycles. The maximum Gasteiger partial charge on any atom is 0.322 e. The Kier molecular flexibility index (Phi) is 6.88. The monoisotopic (exact) mass is 445 g/mol. The van der Waals surface area contributed by atoms with E-state index in [4.69, 9.17) is 32.8 Å². The fourth-order valence-corrected chi connectivity index (χ4v) is 2.98. The molecule has 1 aromatic heterocycles. The second kappa shape index (κ2) is 9.77. The van der Waals surface area contributed by atoms with E-state index < -0.39 is 5.91 Å². The molecular weight excluding hydrogens is 422 g/mol. The van der Waals surface area contributed by atoms with Gasteiger partial charge in [-0.15, -0.1) is 5.10 Å². The van der Waals surface area contributed by atoms with Crippen molar-refractivity contribution in [2.75, 3.05) is 48.0 Å². The number of aromatic nitrogens is 2. The van der Waals surface area contributed by atoms with Crippen molar-refractivity contribution in [1.82, 2.24) is 10.2 Å². The second-order valence-corrected chi connectivity index (χ2v) is 6.19. The van der Waals surface area contributed by atoms with E-state index in [0.717, 1.165) is 0 Å². The summed E-state index contributed by atoms with van der Waals surface area (Å²) in [4.78, 5) is 12.7. The van der Waals surface area contributed by atoms with Crippen molar-refractivity contribution >= 4 is 11.9 Å². The summed E-state index contributed by atoms with van der Waals surface area (Å²) in [5.74, 6) is 1.93. The Hall–Kier alpha value is -4.15. The fraction of sp³-hybridized carbons (Fsp3) is 0.286. The quantitative estimate of drug-likeness (QED) is 0.525. The van der Waals surface area contributed by atoms with Crippen molar-refractivity contribution in [2.45, 2.75) is 0 Å². The van der Waals surface area contributed by atoms with Crippen molar-refractivity contribution in [2.24, 2.45) is 0 Å². The van der Waals surface area contributed by atoms with E-state index >= 15 is 0 Å². The third-order valence-electron chi connectivity index (χ3n) is 4.48. The van der Waals surface area contributed by atoms with Gasteiger partial charge in [0.05, 0.1) is 42.7 Å². The molecule has 2 aromatic carbocycles. The molecule has 0 unspecified atom stereocenters. The Morgan fingerprint density at radius 3 is 1.62 bits per heavy atom. The van der Waals surface area contributed by atoms with Gasteiger partial charge in [0, 0.05) is 11.1 Å². The highest BCUT2D eigenvalue weighted by molar-refractivity contribution is 6.04. The number of carbonyl (C=O) groups is 1. The molecule has 0 aliphatic rings. The molecule has 3 aromatic rings. The summed E-state index contributed by atoms with van der Waals surface area (Å²) < 4.78 is 37.4. The smallest absolute Gasteiger partial charge is 0.322 e. The predicted molar refractivity (Wildman–Crippen MR) is 113 cm³/mol. The van der Waals surface area contributed by atoms with Gasteiger partial charge in [-0.2, -0.15) is 0 Å². The molecule has 0 saturated carbocycles. The maximum atomic E-state index is 12.7. The molecule has 170 valence electrons. The van der Waals surface area contributed by atoms with Gasteiger partial charge < -0.3 is 32.8 Å². The van der Waals surface area contributed by atoms with Crippen LogP contribution in [0.2, 0.25) is 0 Å². The minimum Gasteiger partial charge on any atom is -0.493 e. The van der Waals surface area contributed by atoms with Crippen LogP contribution in [0.15, 0.2) is 28.7 Å². The van der Waals surface area contributed by atoms with Crippen LogP contribution in [0, 0.1) is 0 Å². The Labute approximate surface area is 184 Å². The lowest BCUT2D eigenvalue weighted by molar-refractivity contribution is 0.102. The van der Waals surface area contributed by atoms with Gasteiger partial charge in [0.25, 0.3) is 5.91 Å². The number of nitrogens with one attached hydrogen (secondary N) is 1. The molecule has 1 N–H and O–H groups in total. The molecule has 0 saturated heterocycles. The fourth-order valence-electron chi connectivity index (χ4n) is 2.98. The zero-order valence-corrected chi connectivity index (χ0v) is 18.5. The summed E-state index contributed by atoms with van der Waals surface area (Å²) in [6.45, 7) is 0. The first-order valence-corrected chi connectivity index (χ1v) is 9.24. The van der Waals surface area contributed by atoms with Gasteiger partial charge in [-0.25, -0.2) is 0 Å². The molecule has 0 atom stereocenters. The van der Waals surface area contributed by atoms with Gasteiger partial charge in [0.15, 0.2) is 23.0 Å². The third-order valence-corrected chi connectivity index (χ3v) is 4.48. The third kappa shape index (κ3) is 4.31. The molecule has 0 aliphatic heterocycles. The average molecular weight is 445 g/mol. The van der Waals surface area contributed by atoms with E-state index in [9.17, 15) is 4.79 Å². The number of ether oxygens (including phenoxy) is 6. The number of nitrogens with zero attached hydrogens (tertiary/aromatic N) is 2. The molecule has 11 heteroatoms. The lowest BCUT2D eigenvalue weighted by Crippen LogP contribution is -2.13.